The van der Waals surface area contributed by atoms with Crippen molar-refractivity contribution in [1.82, 2.24) is 5.32 Å². The summed E-state index contributed by atoms with van der Waals surface area (Å²) in [5, 5.41) is 4.21. The van der Waals surface area contributed by atoms with Crippen molar-refractivity contribution in [1.29, 1.82) is 0 Å². The van der Waals surface area contributed by atoms with Gasteiger partial charge < -0.3 is 5.32 Å². The zero-order chi connectivity index (χ0) is 15.4. The molecule has 0 saturated heterocycles. The summed E-state index contributed by atoms with van der Waals surface area (Å²) >= 11 is 6.15. The third-order valence-corrected chi connectivity index (χ3v) is 3.94. The molecule has 0 aliphatic heterocycles. The molecule has 0 bridgehead atoms. The smallest absolute Gasteiger partial charge is 0.123 e. The second-order valence-electron chi connectivity index (χ2n) is 5.39. The molecule has 0 saturated carbocycles. The molecule has 2 rings (SSSR count). The first kappa shape index (κ1) is 16.0. The van der Waals surface area contributed by atoms with E-state index in [-0.39, 0.29) is 11.9 Å². The second kappa shape index (κ2) is 7.06. The predicted molar refractivity (Wildman–Crippen MR) is 87.5 cm³/mol. The number of nitrogens with one attached hydrogen (secondary N) is 1. The maximum absolute atomic E-state index is 13.7. The highest BCUT2D eigenvalue weighted by molar-refractivity contribution is 6.30. The van der Waals surface area contributed by atoms with Gasteiger partial charge in [-0.3, -0.25) is 0 Å². The summed E-state index contributed by atoms with van der Waals surface area (Å²) in [4.78, 5) is 0. The lowest BCUT2D eigenvalue weighted by molar-refractivity contribution is 0.581. The molecule has 0 spiro atoms. The molecule has 1 atom stereocenters. The molecule has 0 fully saturated rings. The summed E-state index contributed by atoms with van der Waals surface area (Å²) in [7, 11) is 0. The molecular weight excluding hydrogens is 285 g/mol. The Morgan fingerprint density at radius 3 is 2.33 bits per heavy atom. The molecule has 2 aromatic carbocycles. The molecule has 0 amide bonds. The number of hydrogen-bond donors (Lipinski definition) is 1. The summed E-state index contributed by atoms with van der Waals surface area (Å²) in [6.07, 6.45) is 1.02. The number of rotatable bonds is 5. The highest BCUT2D eigenvalue weighted by Crippen LogP contribution is 2.29. The van der Waals surface area contributed by atoms with Gasteiger partial charge in [-0.05, 0) is 73.3 Å². The van der Waals surface area contributed by atoms with Crippen molar-refractivity contribution < 1.29 is 4.39 Å². The van der Waals surface area contributed by atoms with E-state index in [1.54, 1.807) is 6.07 Å². The molecule has 1 unspecified atom stereocenters. The summed E-state index contributed by atoms with van der Waals surface area (Å²) in [5.41, 5.74) is 4.29. The number of benzene rings is 2. The van der Waals surface area contributed by atoms with Gasteiger partial charge in [-0.1, -0.05) is 30.7 Å². The Kier molecular flexibility index (Phi) is 5.38. The summed E-state index contributed by atoms with van der Waals surface area (Å²) in [5.74, 6) is -0.210. The molecular formula is C18H21ClFN. The Hall–Kier alpha value is -1.38. The van der Waals surface area contributed by atoms with E-state index in [1.807, 2.05) is 31.2 Å². The third-order valence-electron chi connectivity index (χ3n) is 3.70. The van der Waals surface area contributed by atoms with Crippen molar-refractivity contribution in [3.63, 3.8) is 0 Å². The van der Waals surface area contributed by atoms with Crippen LogP contribution < -0.4 is 5.32 Å². The van der Waals surface area contributed by atoms with Crippen LogP contribution in [0.2, 0.25) is 5.02 Å². The van der Waals surface area contributed by atoms with Crippen LogP contribution in [-0.4, -0.2) is 6.54 Å². The molecule has 0 radical (unpaired) electrons. The van der Waals surface area contributed by atoms with Gasteiger partial charge in [0, 0.05) is 5.02 Å². The fraction of sp³-hybridized carbons (Fsp3) is 0.333. The number of halogens is 2. The fourth-order valence-electron chi connectivity index (χ4n) is 2.52. The summed E-state index contributed by atoms with van der Waals surface area (Å²) < 4.78 is 13.7. The van der Waals surface area contributed by atoms with E-state index < -0.39 is 0 Å². The normalized spacial score (nSPS) is 12.4. The molecule has 0 aliphatic rings. The van der Waals surface area contributed by atoms with Crippen LogP contribution in [0.15, 0.2) is 36.4 Å². The molecule has 0 aliphatic carbocycles. The van der Waals surface area contributed by atoms with Crippen LogP contribution >= 0.6 is 11.6 Å². The van der Waals surface area contributed by atoms with E-state index in [0.717, 1.165) is 35.2 Å². The Balaban J connectivity index is 2.52. The molecule has 112 valence electrons. The van der Waals surface area contributed by atoms with Crippen LogP contribution in [0.5, 0.6) is 0 Å². The largest absolute Gasteiger partial charge is 0.306 e. The van der Waals surface area contributed by atoms with Crippen LogP contribution in [0.25, 0.3) is 0 Å². The Bertz CT molecular complexity index is 573. The first-order valence-corrected chi connectivity index (χ1v) is 7.66. The van der Waals surface area contributed by atoms with Crippen molar-refractivity contribution in [3.05, 3.63) is 69.5 Å². The van der Waals surface area contributed by atoms with Gasteiger partial charge in [-0.15, -0.1) is 0 Å². The van der Waals surface area contributed by atoms with Crippen LogP contribution in [-0.2, 0) is 0 Å². The fourth-order valence-corrected chi connectivity index (χ4v) is 2.70. The van der Waals surface area contributed by atoms with Crippen molar-refractivity contribution in [2.24, 2.45) is 0 Å². The van der Waals surface area contributed by atoms with Gasteiger partial charge in [-0.2, -0.15) is 0 Å². The van der Waals surface area contributed by atoms with Gasteiger partial charge >= 0.3 is 0 Å². The van der Waals surface area contributed by atoms with Crippen molar-refractivity contribution in [2.45, 2.75) is 33.2 Å². The van der Waals surface area contributed by atoms with E-state index in [2.05, 4.69) is 19.2 Å². The van der Waals surface area contributed by atoms with Gasteiger partial charge in [-0.25, -0.2) is 4.39 Å². The first-order valence-electron chi connectivity index (χ1n) is 7.28. The van der Waals surface area contributed by atoms with Gasteiger partial charge in [0.05, 0.1) is 6.04 Å². The Morgan fingerprint density at radius 1 is 1.05 bits per heavy atom. The zero-order valence-corrected chi connectivity index (χ0v) is 13.5. The van der Waals surface area contributed by atoms with Crippen LogP contribution in [0, 0.1) is 19.7 Å². The van der Waals surface area contributed by atoms with E-state index in [1.165, 1.54) is 6.07 Å². The zero-order valence-electron chi connectivity index (χ0n) is 12.7. The standard InChI is InChI=1S/C18H21ClFN/c1-4-9-21-18(16-10-14(19)7-5-12(16)2)17-11-15(20)8-6-13(17)3/h5-8,10-11,18,21H,4,9H2,1-3H3. The maximum atomic E-state index is 13.7. The molecule has 0 aromatic heterocycles. The number of aryl methyl sites for hydroxylation is 2. The minimum atomic E-state index is -0.210. The second-order valence-corrected chi connectivity index (χ2v) is 5.83. The monoisotopic (exact) mass is 305 g/mol. The quantitative estimate of drug-likeness (QED) is 0.802. The Labute approximate surface area is 131 Å². The van der Waals surface area contributed by atoms with Gasteiger partial charge in [0.1, 0.15) is 5.82 Å². The lowest BCUT2D eigenvalue weighted by Gasteiger charge is -2.23. The third kappa shape index (κ3) is 3.84. The van der Waals surface area contributed by atoms with E-state index in [0.29, 0.717) is 5.02 Å². The number of hydrogen-bond acceptors (Lipinski definition) is 1. The van der Waals surface area contributed by atoms with Gasteiger partial charge in [0.25, 0.3) is 0 Å². The van der Waals surface area contributed by atoms with Gasteiger partial charge in [0.15, 0.2) is 0 Å². The van der Waals surface area contributed by atoms with Crippen LogP contribution in [0.1, 0.15) is 41.6 Å². The highest BCUT2D eigenvalue weighted by atomic mass is 35.5. The van der Waals surface area contributed by atoms with Gasteiger partial charge in [0.2, 0.25) is 0 Å². The van der Waals surface area contributed by atoms with Crippen LogP contribution in [0.4, 0.5) is 4.39 Å². The minimum absolute atomic E-state index is 0.0423. The molecule has 1 N–H and O–H groups in total. The van der Waals surface area contributed by atoms with Crippen molar-refractivity contribution in [2.75, 3.05) is 6.54 Å². The first-order chi connectivity index (χ1) is 10.0. The average molecular weight is 306 g/mol. The average Bonchev–Trinajstić information content (AvgIpc) is 2.46. The molecule has 2 aromatic rings. The van der Waals surface area contributed by atoms with E-state index >= 15 is 0 Å². The SMILES string of the molecule is CCCNC(c1cc(F)ccc1C)c1cc(Cl)ccc1C. The van der Waals surface area contributed by atoms with Crippen LogP contribution in [0.3, 0.4) is 0 Å². The summed E-state index contributed by atoms with van der Waals surface area (Å²) in [6, 6.07) is 10.8. The van der Waals surface area contributed by atoms with Crippen molar-refractivity contribution in [3.8, 4) is 0 Å². The minimum Gasteiger partial charge on any atom is -0.306 e. The van der Waals surface area contributed by atoms with E-state index in [9.17, 15) is 4.39 Å². The lowest BCUT2D eigenvalue weighted by atomic mass is 9.92. The predicted octanol–water partition coefficient (Wildman–Crippen LogP) is 5.18. The Morgan fingerprint density at radius 2 is 1.67 bits per heavy atom. The molecule has 3 heteroatoms. The highest BCUT2D eigenvalue weighted by Gasteiger charge is 2.18. The maximum Gasteiger partial charge on any atom is 0.123 e. The molecule has 0 heterocycles. The topological polar surface area (TPSA) is 12.0 Å². The summed E-state index contributed by atoms with van der Waals surface area (Å²) in [6.45, 7) is 7.05. The van der Waals surface area contributed by atoms with E-state index in [4.69, 9.17) is 11.6 Å². The lowest BCUT2D eigenvalue weighted by Crippen LogP contribution is -2.24. The molecule has 21 heavy (non-hydrogen) atoms. The molecule has 1 nitrogen and oxygen atoms in total. The van der Waals surface area contributed by atoms with Crippen molar-refractivity contribution >= 4 is 11.6 Å².